The average molecular weight is 1710 g/mol. The lowest BCUT2D eigenvalue weighted by Crippen LogP contribution is -2.65. The van der Waals surface area contributed by atoms with Gasteiger partial charge in [0.25, 0.3) is 0 Å². The van der Waals surface area contributed by atoms with E-state index in [9.17, 15) is 107 Å². The first kappa shape index (κ1) is 90.7. The van der Waals surface area contributed by atoms with E-state index in [1.54, 1.807) is 72.8 Å². The maximum atomic E-state index is 11.6. The third kappa shape index (κ3) is 19.2. The number of unbranched alkanes of at least 4 members (excludes halogenated alkanes) is 8. The Morgan fingerprint density at radius 2 is 0.541 bits per heavy atom. The number of hydrogen-bond acceptors (Lipinski definition) is 35. The Morgan fingerprint density at radius 1 is 0.279 bits per heavy atom. The van der Waals surface area contributed by atoms with Crippen LogP contribution in [0.3, 0.4) is 0 Å². The van der Waals surface area contributed by atoms with Gasteiger partial charge in [-0.05, 0) is 114 Å². The summed E-state index contributed by atoms with van der Waals surface area (Å²) in [4.78, 5) is 18.2. The van der Waals surface area contributed by atoms with E-state index in [1.807, 2.05) is 48.6 Å². The average Bonchev–Trinajstić information content (AvgIpc) is 1.17. The molecule has 0 spiro atoms. The van der Waals surface area contributed by atoms with E-state index in [0.29, 0.717) is 84.6 Å². The topological polar surface area (TPSA) is 593 Å². The van der Waals surface area contributed by atoms with Crippen LogP contribution in [0.25, 0.3) is 79.8 Å². The van der Waals surface area contributed by atoms with Crippen LogP contribution in [0.15, 0.2) is 97.1 Å². The fourth-order valence-electron chi connectivity index (χ4n) is 16.5. The maximum absolute atomic E-state index is 11.6. The predicted molar refractivity (Wildman–Crippen MR) is 427 cm³/mol. The summed E-state index contributed by atoms with van der Waals surface area (Å²) >= 11 is 0. The Labute approximate surface area is 698 Å². The van der Waals surface area contributed by atoms with E-state index >= 15 is 0 Å². The van der Waals surface area contributed by atoms with Crippen LogP contribution in [0.2, 0.25) is 0 Å². The molecule has 30 atom stereocenters. The maximum Gasteiger partial charge on any atom is 0.229 e. The first-order valence-corrected chi connectivity index (χ1v) is 41.1. The van der Waals surface area contributed by atoms with E-state index in [-0.39, 0.29) is 17.2 Å². The molecule has 8 aliphatic heterocycles. The molecule has 0 unspecified atom stereocenters. The Bertz CT molecular complexity index is 4430. The van der Waals surface area contributed by atoms with Gasteiger partial charge in [-0.15, -0.1) is 0 Å². The van der Waals surface area contributed by atoms with Crippen molar-refractivity contribution in [2.24, 2.45) is 0 Å². The molecular weight excluding hydrogens is 1600 g/mol. The zero-order chi connectivity index (χ0) is 86.5. The fourth-order valence-corrected chi connectivity index (χ4v) is 16.5. The second-order valence-electron chi connectivity index (χ2n) is 31.6. The molecule has 11 heterocycles. The summed E-state index contributed by atoms with van der Waals surface area (Å²) in [5, 5.41) is 225. The molecule has 666 valence electrons. The summed E-state index contributed by atoms with van der Waals surface area (Å²) < 4.78 is 70.3. The van der Waals surface area contributed by atoms with Gasteiger partial charge in [-0.1, -0.05) is 94.7 Å². The van der Waals surface area contributed by atoms with Crippen LogP contribution in [0, 0.1) is 0 Å². The number of aliphatic hydroxyl groups excluding tert-OH is 21. The lowest BCUT2D eigenvalue weighted by molar-refractivity contribution is -0.352. The molecule has 6 saturated heterocycles. The van der Waals surface area contributed by atoms with Crippen molar-refractivity contribution < 1.29 is 164 Å². The van der Waals surface area contributed by atoms with Crippen molar-refractivity contribution in [3.63, 3.8) is 0 Å². The monoisotopic (exact) mass is 1710 g/mol. The van der Waals surface area contributed by atoms with Crippen LogP contribution in [0.1, 0.15) is 93.1 Å². The third-order valence-electron chi connectivity index (χ3n) is 23.5. The third-order valence-corrected chi connectivity index (χ3v) is 23.5. The van der Waals surface area contributed by atoms with Gasteiger partial charge in [0.15, 0.2) is 18.9 Å². The molecule has 6 aromatic rings. The molecule has 37 heteroatoms. The number of nitrogens with zero attached hydrogens (tertiary/aromatic N) is 2. The second kappa shape index (κ2) is 40.4. The number of H-pyrrole nitrogens is 2. The van der Waals surface area contributed by atoms with Crippen molar-refractivity contribution in [2.45, 2.75) is 255 Å². The molecule has 122 heavy (non-hydrogen) atoms. The number of aromatic nitrogens is 4. The summed E-state index contributed by atoms with van der Waals surface area (Å²) in [6.45, 7) is -2.56. The van der Waals surface area contributed by atoms with Crippen LogP contribution in [0.5, 0.6) is 17.2 Å². The number of rotatable bonds is 31. The quantitative estimate of drug-likeness (QED) is 0.0225. The molecule has 0 saturated carbocycles. The van der Waals surface area contributed by atoms with Gasteiger partial charge < -0.3 is 174 Å². The first-order chi connectivity index (χ1) is 58.9. The van der Waals surface area contributed by atoms with Crippen LogP contribution < -0.4 is 14.2 Å². The SMILES string of the molecule is CCCCCCCCCCCc1c2nc(c(-c3ccc(O[C@@H]4O[C@H](CO)[C@@H](O[C@H]5O[C@H](CO)[C@@H](O)[C@H](O)[C@H]5O)[C@H](O)[C@H]4O)cc3)c3ccc([nH]3)c(-c3ccc(O[C@@H]4O[C@H](CO)[C@@H](O[C@H]5O[C@H](CO)[C@@H](O)[C@H](O)[C@H]5O)[C@H](O)[C@H]4O)cc3)c3ccc([nH]3)c(-c3ccc(O[C@@H]4O[C@H](CO)[C@@H](O[C@H]5O[C@H](CO)[C@@H](O)[C@H](O)[C@H]5O)[C@H](O)[C@H]4O)cc3)c3nc1C=C3)C=C2. The van der Waals surface area contributed by atoms with Crippen molar-refractivity contribution in [1.82, 2.24) is 19.9 Å². The zero-order valence-electron chi connectivity index (χ0n) is 66.4. The number of ether oxygens (including phenoxy) is 12. The zero-order valence-corrected chi connectivity index (χ0v) is 66.4. The molecule has 8 aliphatic rings. The number of hydrogen-bond donors (Lipinski definition) is 23. The van der Waals surface area contributed by atoms with E-state index in [4.69, 9.17) is 66.8 Å². The van der Waals surface area contributed by atoms with Crippen LogP contribution >= 0.6 is 0 Å². The normalized spacial score (nSPS) is 34.8. The highest BCUT2D eigenvalue weighted by atomic mass is 16.8. The summed E-state index contributed by atoms with van der Waals surface area (Å²) in [6, 6.07) is 27.5. The van der Waals surface area contributed by atoms with E-state index in [2.05, 4.69) is 16.9 Å². The highest BCUT2D eigenvalue weighted by Gasteiger charge is 2.55. The molecule has 0 amide bonds. The highest BCUT2D eigenvalue weighted by molar-refractivity contribution is 5.99. The number of nitrogens with one attached hydrogen (secondary N) is 2. The largest absolute Gasteiger partial charge is 0.462 e. The first-order valence-electron chi connectivity index (χ1n) is 41.1. The fraction of sp³-hybridized carbons (Fsp3) is 0.553. The van der Waals surface area contributed by atoms with Gasteiger partial charge in [-0.2, -0.15) is 0 Å². The van der Waals surface area contributed by atoms with E-state index < -0.39 is 224 Å². The van der Waals surface area contributed by atoms with E-state index in [1.165, 1.54) is 19.3 Å². The highest BCUT2D eigenvalue weighted by Crippen LogP contribution is 2.42. The van der Waals surface area contributed by atoms with Crippen molar-refractivity contribution in [3.05, 3.63) is 125 Å². The Morgan fingerprint density at radius 3 is 0.844 bits per heavy atom. The van der Waals surface area contributed by atoms with Crippen molar-refractivity contribution in [1.29, 1.82) is 0 Å². The number of benzene rings is 3. The molecule has 8 bridgehead atoms. The minimum Gasteiger partial charge on any atom is -0.462 e. The minimum absolute atomic E-state index is 0.109. The minimum atomic E-state index is -1.89. The molecule has 37 nitrogen and oxygen atoms in total. The van der Waals surface area contributed by atoms with Gasteiger partial charge in [0.05, 0.1) is 62.4 Å². The number of aliphatic hydroxyl groups is 21. The Balaban J connectivity index is 0.827. The van der Waals surface area contributed by atoms with Gasteiger partial charge in [0.2, 0.25) is 18.9 Å². The molecule has 3 aromatic heterocycles. The number of aromatic amines is 2. The lowest BCUT2D eigenvalue weighted by Gasteiger charge is -2.45. The summed E-state index contributed by atoms with van der Waals surface area (Å²) in [5.74, 6) is 0.386. The van der Waals surface area contributed by atoms with Gasteiger partial charge in [-0.3, -0.25) is 0 Å². The van der Waals surface area contributed by atoms with Crippen molar-refractivity contribution in [2.75, 3.05) is 39.6 Å². The predicted octanol–water partition coefficient (Wildman–Crippen LogP) is -1.26. The molecule has 6 fully saturated rings. The smallest absolute Gasteiger partial charge is 0.229 e. The second-order valence-corrected chi connectivity index (χ2v) is 31.6. The van der Waals surface area contributed by atoms with Gasteiger partial charge in [0, 0.05) is 44.3 Å². The summed E-state index contributed by atoms with van der Waals surface area (Å²) in [7, 11) is 0. The van der Waals surface area contributed by atoms with Crippen molar-refractivity contribution >= 4 is 46.4 Å². The summed E-state index contributed by atoms with van der Waals surface area (Å²) in [5.41, 5.74) is 8.93. The van der Waals surface area contributed by atoms with Crippen LogP contribution in [-0.2, 0) is 49.1 Å². The van der Waals surface area contributed by atoms with Crippen LogP contribution in [-0.4, -0.2) is 351 Å². The molecule has 0 aliphatic carbocycles. The molecular formula is C85H108N4O33. The van der Waals surface area contributed by atoms with Crippen molar-refractivity contribution in [3.8, 4) is 50.6 Å². The molecule has 3 aromatic carbocycles. The van der Waals surface area contributed by atoms with E-state index in [0.717, 1.165) is 44.1 Å². The van der Waals surface area contributed by atoms with Gasteiger partial charge in [0.1, 0.15) is 164 Å². The number of fused-ring (bicyclic) bond motifs is 8. The Kier molecular flexibility index (Phi) is 30.0. The molecule has 14 rings (SSSR count). The summed E-state index contributed by atoms with van der Waals surface area (Å²) in [6.07, 6.45) is -32.9. The lowest BCUT2D eigenvalue weighted by atomic mass is 9.97. The molecule has 23 N–H and O–H groups in total. The van der Waals surface area contributed by atoms with Gasteiger partial charge in [-0.25, -0.2) is 9.97 Å². The van der Waals surface area contributed by atoms with Gasteiger partial charge >= 0.3 is 0 Å². The standard InChI is InChI=1S/C85H108N4O33/c1-2-3-4-5-6-7-8-9-10-11-44-45-24-26-47(86-45)59(38-12-18-41(19-13-38)111-80-74(108)68(102)77(56(35-93)117-80)120-83-71(105)65(99)62(96)53(32-90)114-83)49-28-30-51(88-49)61(40-16-22-43(23-17-40)113-82-76(110)70(104)79(58(37-95)119-82)122-85-73(107)67(101)64(98)55(34-92)116-85)52-31-29-50(89-52)60(48-27-25-46(44)87-48)39-14-20-42(21-15-39)112-81-75(109)69(103)78(57(36-94)118-81)121-84-72(106)66(100)63(97)54(33-91)115-84/h12-31,53-58,62-85,88-110H,2-11,32-37H2,1H3/t53-,54-,55-,56-,57-,58-,62-,63-,64-,65+,66+,67+,68-,69-,70-,71-,72-,73-,74-,75-,76-,77-,78-,79-,80-,81-,82-,83-,84-,85-/m1/s1. The Hall–Kier alpha value is -7.54. The molecule has 0 radical (unpaired) electrons. The van der Waals surface area contributed by atoms with Crippen LogP contribution in [0.4, 0.5) is 0 Å².